The second kappa shape index (κ2) is 6.32. The largest absolute Gasteiger partial charge is 0.469 e. The molecule has 1 saturated carbocycles. The molecule has 0 heterocycles. The van der Waals surface area contributed by atoms with Gasteiger partial charge in [0.15, 0.2) is 0 Å². The summed E-state index contributed by atoms with van der Waals surface area (Å²) in [5.74, 6) is -0.989. The molecule has 0 radical (unpaired) electrons. The van der Waals surface area contributed by atoms with E-state index in [4.69, 9.17) is 5.73 Å². The zero-order valence-corrected chi connectivity index (χ0v) is 10.8. The molecule has 2 unspecified atom stereocenters. The lowest BCUT2D eigenvalue weighted by molar-refractivity contribution is -0.146. The number of ether oxygens (including phenoxy) is 1. The molecule has 0 aromatic rings. The Morgan fingerprint density at radius 2 is 2.06 bits per heavy atom. The second-order valence-corrected chi connectivity index (χ2v) is 6.16. The van der Waals surface area contributed by atoms with E-state index in [1.165, 1.54) is 7.11 Å². The molecule has 7 heteroatoms. The van der Waals surface area contributed by atoms with Gasteiger partial charge in [-0.2, -0.15) is 0 Å². The van der Waals surface area contributed by atoms with Gasteiger partial charge >= 0.3 is 5.97 Å². The summed E-state index contributed by atoms with van der Waals surface area (Å²) >= 11 is 0. The fourth-order valence-corrected chi connectivity index (χ4v) is 3.97. The van der Waals surface area contributed by atoms with Gasteiger partial charge in [-0.3, -0.25) is 4.79 Å². The minimum absolute atomic E-state index is 0.201. The van der Waals surface area contributed by atoms with Crippen LogP contribution >= 0.6 is 0 Å². The molecule has 6 nitrogen and oxygen atoms in total. The molecule has 1 aliphatic rings. The monoisotopic (exact) mass is 264 g/mol. The Bertz CT molecular complexity index is 355. The van der Waals surface area contributed by atoms with Crippen LogP contribution in [0.4, 0.5) is 0 Å². The molecule has 0 spiro atoms. The molecule has 1 rings (SSSR count). The van der Waals surface area contributed by atoms with Crippen molar-refractivity contribution in [3.8, 4) is 0 Å². The van der Waals surface area contributed by atoms with Crippen LogP contribution in [-0.2, 0) is 19.6 Å². The van der Waals surface area contributed by atoms with E-state index in [2.05, 4.69) is 9.46 Å². The van der Waals surface area contributed by atoms with E-state index in [1.807, 2.05) is 0 Å². The van der Waals surface area contributed by atoms with Crippen LogP contribution in [0.3, 0.4) is 0 Å². The van der Waals surface area contributed by atoms with Gasteiger partial charge in [-0.1, -0.05) is 12.8 Å². The van der Waals surface area contributed by atoms with Crippen molar-refractivity contribution >= 4 is 16.0 Å². The number of hydrogen-bond donors (Lipinski definition) is 2. The topological polar surface area (TPSA) is 98.5 Å². The van der Waals surface area contributed by atoms with Crippen molar-refractivity contribution in [1.82, 2.24) is 4.72 Å². The number of esters is 1. The first-order valence-corrected chi connectivity index (χ1v) is 7.34. The molecule has 0 aromatic carbocycles. The van der Waals surface area contributed by atoms with Crippen molar-refractivity contribution in [3.63, 3.8) is 0 Å². The standard InChI is InChI=1S/C10H20N2O4S/c1-16-10(13)8-4-2-3-5-9(8)17(14,15)12-7-6-11/h8-9,12H,2-7,11H2,1H3. The molecule has 0 aliphatic heterocycles. The SMILES string of the molecule is COC(=O)C1CCCCC1S(=O)(=O)NCCN. The molecular formula is C10H20N2O4S. The Morgan fingerprint density at radius 1 is 1.41 bits per heavy atom. The summed E-state index contributed by atoms with van der Waals surface area (Å²) in [7, 11) is -2.19. The van der Waals surface area contributed by atoms with Crippen molar-refractivity contribution in [2.24, 2.45) is 11.7 Å². The molecule has 0 aromatic heterocycles. The third-order valence-corrected chi connectivity index (χ3v) is 5.02. The summed E-state index contributed by atoms with van der Waals surface area (Å²) in [5.41, 5.74) is 5.27. The third-order valence-electron chi connectivity index (χ3n) is 3.05. The predicted molar refractivity (Wildman–Crippen MR) is 63.7 cm³/mol. The Labute approximate surface area is 102 Å². The smallest absolute Gasteiger partial charge is 0.310 e. The molecule has 2 atom stereocenters. The summed E-state index contributed by atoms with van der Waals surface area (Å²) in [6.45, 7) is 0.446. The normalized spacial score (nSPS) is 25.5. The first-order valence-electron chi connectivity index (χ1n) is 5.79. The van der Waals surface area contributed by atoms with Crippen LogP contribution in [0.2, 0.25) is 0 Å². The van der Waals surface area contributed by atoms with Gasteiger partial charge in [-0.05, 0) is 12.8 Å². The number of carbonyl (C=O) groups is 1. The highest BCUT2D eigenvalue weighted by molar-refractivity contribution is 7.90. The first-order chi connectivity index (χ1) is 8.03. The lowest BCUT2D eigenvalue weighted by Gasteiger charge is -2.29. The lowest BCUT2D eigenvalue weighted by Crippen LogP contribution is -2.45. The number of methoxy groups -OCH3 is 1. The molecular weight excluding hydrogens is 244 g/mol. The van der Waals surface area contributed by atoms with Crippen molar-refractivity contribution in [2.75, 3.05) is 20.2 Å². The summed E-state index contributed by atoms with van der Waals surface area (Å²) in [5, 5.41) is -0.685. The highest BCUT2D eigenvalue weighted by Crippen LogP contribution is 2.30. The third kappa shape index (κ3) is 3.65. The van der Waals surface area contributed by atoms with Crippen LogP contribution in [0.15, 0.2) is 0 Å². The minimum atomic E-state index is -3.48. The Kier molecular flexibility index (Phi) is 5.35. The maximum atomic E-state index is 12.0. The van der Waals surface area contributed by atoms with Crippen molar-refractivity contribution < 1.29 is 17.9 Å². The maximum Gasteiger partial charge on any atom is 0.310 e. The zero-order valence-electron chi connectivity index (χ0n) is 10.0. The van der Waals surface area contributed by atoms with Gasteiger partial charge < -0.3 is 10.5 Å². The van der Waals surface area contributed by atoms with Crippen LogP contribution in [0, 0.1) is 5.92 Å². The minimum Gasteiger partial charge on any atom is -0.469 e. The van der Waals surface area contributed by atoms with Gasteiger partial charge in [0.2, 0.25) is 10.0 Å². The first kappa shape index (κ1) is 14.4. The fourth-order valence-electron chi connectivity index (χ4n) is 2.20. The molecule has 0 saturated heterocycles. The van der Waals surface area contributed by atoms with E-state index in [0.717, 1.165) is 12.8 Å². The van der Waals surface area contributed by atoms with E-state index in [9.17, 15) is 13.2 Å². The molecule has 100 valence electrons. The van der Waals surface area contributed by atoms with E-state index < -0.39 is 27.2 Å². The Morgan fingerprint density at radius 3 is 2.65 bits per heavy atom. The van der Waals surface area contributed by atoms with E-state index in [1.54, 1.807) is 0 Å². The number of nitrogens with one attached hydrogen (secondary N) is 1. The van der Waals surface area contributed by atoms with Crippen LogP contribution in [0.1, 0.15) is 25.7 Å². The zero-order chi connectivity index (χ0) is 12.9. The molecule has 1 fully saturated rings. The van der Waals surface area contributed by atoms with E-state index >= 15 is 0 Å². The highest BCUT2D eigenvalue weighted by atomic mass is 32.2. The number of nitrogens with two attached hydrogens (primary N) is 1. The van der Waals surface area contributed by atoms with Crippen LogP contribution in [-0.4, -0.2) is 39.8 Å². The molecule has 0 amide bonds. The maximum absolute atomic E-state index is 12.0. The van der Waals surface area contributed by atoms with Crippen LogP contribution < -0.4 is 10.5 Å². The second-order valence-electron chi connectivity index (χ2n) is 4.18. The quantitative estimate of drug-likeness (QED) is 0.658. The number of sulfonamides is 1. The van der Waals surface area contributed by atoms with Gasteiger partial charge in [0.25, 0.3) is 0 Å². The van der Waals surface area contributed by atoms with Gasteiger partial charge in [0.05, 0.1) is 18.3 Å². The summed E-state index contributed by atoms with van der Waals surface area (Å²) in [6.07, 6.45) is 2.75. The number of rotatable bonds is 5. The van der Waals surface area contributed by atoms with Gasteiger partial charge in [-0.15, -0.1) is 0 Å². The van der Waals surface area contributed by atoms with Crippen molar-refractivity contribution in [3.05, 3.63) is 0 Å². The van der Waals surface area contributed by atoms with Gasteiger partial charge in [0, 0.05) is 13.1 Å². The molecule has 3 N–H and O–H groups in total. The molecule has 0 bridgehead atoms. The summed E-state index contributed by atoms with van der Waals surface area (Å²) in [6, 6.07) is 0. The fraction of sp³-hybridized carbons (Fsp3) is 0.900. The van der Waals surface area contributed by atoms with Crippen LogP contribution in [0.25, 0.3) is 0 Å². The average molecular weight is 264 g/mol. The predicted octanol–water partition coefficient (Wildman–Crippen LogP) is -0.404. The van der Waals surface area contributed by atoms with Crippen LogP contribution in [0.5, 0.6) is 0 Å². The number of hydrogen-bond acceptors (Lipinski definition) is 5. The molecule has 17 heavy (non-hydrogen) atoms. The van der Waals surface area contributed by atoms with Crippen molar-refractivity contribution in [2.45, 2.75) is 30.9 Å². The molecule has 1 aliphatic carbocycles. The van der Waals surface area contributed by atoms with E-state index in [-0.39, 0.29) is 13.1 Å². The Hall–Kier alpha value is -0.660. The summed E-state index contributed by atoms with van der Waals surface area (Å²) < 4.78 is 31.1. The Balaban J connectivity index is 2.80. The van der Waals surface area contributed by atoms with E-state index in [0.29, 0.717) is 12.8 Å². The van der Waals surface area contributed by atoms with Gasteiger partial charge in [-0.25, -0.2) is 13.1 Å². The average Bonchev–Trinajstić information content (AvgIpc) is 2.35. The summed E-state index contributed by atoms with van der Waals surface area (Å²) in [4.78, 5) is 11.6. The van der Waals surface area contributed by atoms with Gasteiger partial charge in [0.1, 0.15) is 0 Å². The van der Waals surface area contributed by atoms with Crippen molar-refractivity contribution in [1.29, 1.82) is 0 Å². The highest BCUT2D eigenvalue weighted by Gasteiger charge is 2.39. The number of carbonyl (C=O) groups excluding carboxylic acids is 1. The lowest BCUT2D eigenvalue weighted by atomic mass is 9.89.